The minimum Gasteiger partial charge on any atom is -0.497 e. The number of ether oxygens (including phenoxy) is 2. The Balaban J connectivity index is 1.73. The Hall–Kier alpha value is -4.09. The van der Waals surface area contributed by atoms with Gasteiger partial charge in [-0.1, -0.05) is 24.3 Å². The molecule has 0 atom stereocenters. The molecule has 11 heteroatoms. The van der Waals surface area contributed by atoms with Crippen LogP contribution in [0.5, 0.6) is 11.5 Å². The van der Waals surface area contributed by atoms with Crippen LogP contribution in [0.4, 0.5) is 4.39 Å². The highest BCUT2D eigenvalue weighted by atomic mass is 32.2. The second kappa shape index (κ2) is 10.7. The third-order valence-corrected chi connectivity index (χ3v) is 7.12. The van der Waals surface area contributed by atoms with Crippen molar-refractivity contribution >= 4 is 16.3 Å². The summed E-state index contributed by atoms with van der Waals surface area (Å²) in [4.78, 5) is 15.4. The van der Waals surface area contributed by atoms with Gasteiger partial charge in [-0.25, -0.2) is 22.5 Å². The lowest BCUT2D eigenvalue weighted by atomic mass is 10.2. The van der Waals surface area contributed by atoms with Gasteiger partial charge in [0.05, 0.1) is 26.0 Å². The van der Waals surface area contributed by atoms with Crippen LogP contribution in [0, 0.1) is 5.82 Å². The number of carbonyl (C=O) groups excluding carboxylic acids is 1. The molecule has 2 aromatic carbocycles. The van der Waals surface area contributed by atoms with E-state index in [-0.39, 0.29) is 24.5 Å². The first-order valence-electron chi connectivity index (χ1n) is 10.8. The topological polar surface area (TPSA) is 104 Å². The molecule has 0 aliphatic rings. The van der Waals surface area contributed by atoms with E-state index in [2.05, 4.69) is 10.1 Å². The number of rotatable bonds is 10. The molecule has 4 aromatic rings. The number of halogens is 1. The fourth-order valence-electron chi connectivity index (χ4n) is 3.53. The lowest BCUT2D eigenvalue weighted by Gasteiger charge is -2.21. The molecule has 0 spiro atoms. The van der Waals surface area contributed by atoms with E-state index >= 15 is 4.39 Å². The number of pyridine rings is 1. The van der Waals surface area contributed by atoms with E-state index < -0.39 is 20.9 Å². The van der Waals surface area contributed by atoms with Crippen molar-refractivity contribution in [1.29, 1.82) is 0 Å². The highest BCUT2D eigenvalue weighted by Gasteiger charge is 2.32. The summed E-state index contributed by atoms with van der Waals surface area (Å²) in [5, 5.41) is 3.20. The van der Waals surface area contributed by atoms with Crippen molar-refractivity contribution in [2.24, 2.45) is 0 Å². The van der Waals surface area contributed by atoms with E-state index in [1.54, 1.807) is 48.5 Å². The van der Waals surface area contributed by atoms with Gasteiger partial charge in [0.15, 0.2) is 17.9 Å². The van der Waals surface area contributed by atoms with E-state index in [1.807, 2.05) is 0 Å². The number of aldehydes is 1. The smallest absolute Gasteiger partial charge is 0.266 e. The quantitative estimate of drug-likeness (QED) is 0.300. The Morgan fingerprint density at radius 3 is 2.00 bits per heavy atom. The van der Waals surface area contributed by atoms with Crippen molar-refractivity contribution < 1.29 is 27.1 Å². The summed E-state index contributed by atoms with van der Waals surface area (Å²) in [6.45, 7) is -0.0956. The number of methoxy groups -OCH3 is 2. The van der Waals surface area contributed by atoms with Gasteiger partial charge in [-0.3, -0.25) is 4.79 Å². The average Bonchev–Trinajstić information content (AvgIpc) is 3.31. The third-order valence-electron chi connectivity index (χ3n) is 5.42. The van der Waals surface area contributed by atoms with Crippen molar-refractivity contribution in [3.05, 3.63) is 95.6 Å². The van der Waals surface area contributed by atoms with Crippen LogP contribution in [0.15, 0.2) is 78.1 Å². The molecule has 0 aliphatic carbocycles. The molecular weight excluding hydrogens is 487 g/mol. The van der Waals surface area contributed by atoms with Gasteiger partial charge in [0.1, 0.15) is 11.5 Å². The fraction of sp³-hybridized carbons (Fsp3) is 0.160. The molecule has 2 aromatic heterocycles. The molecular formula is C25H23FN4O5S. The van der Waals surface area contributed by atoms with E-state index in [0.29, 0.717) is 28.9 Å². The Bertz CT molecular complexity index is 1410. The summed E-state index contributed by atoms with van der Waals surface area (Å²) in [6.07, 6.45) is 2.83. The zero-order valence-electron chi connectivity index (χ0n) is 19.5. The van der Waals surface area contributed by atoms with Gasteiger partial charge in [-0.15, -0.1) is 5.10 Å². The summed E-state index contributed by atoms with van der Waals surface area (Å²) in [7, 11) is -1.35. The molecule has 0 aliphatic heterocycles. The molecule has 0 radical (unpaired) electrons. The standard InChI is InChI=1S/C25H23FN4O5S/c1-34-21-9-5-18(6-10-21)14-29(15-19-7-11-22(35-2)12-8-19)36(32,33)25-23(26)16-30(28-25)24-20(17-31)4-3-13-27-24/h3-13,16-17H,14-15H2,1-2H3. The predicted octanol–water partition coefficient (Wildman–Crippen LogP) is 3.63. The number of sulfonamides is 1. The minimum atomic E-state index is -4.42. The number of aromatic nitrogens is 3. The molecule has 0 amide bonds. The maximum atomic E-state index is 15.0. The van der Waals surface area contributed by atoms with Crippen LogP contribution in [0.2, 0.25) is 0 Å². The second-order valence-electron chi connectivity index (χ2n) is 7.73. The largest absolute Gasteiger partial charge is 0.497 e. The van der Waals surface area contributed by atoms with Gasteiger partial charge in [0.2, 0.25) is 5.03 Å². The SMILES string of the molecule is COc1ccc(CN(Cc2ccc(OC)cc2)S(=O)(=O)c2nn(-c3ncccc3C=O)cc2F)cc1. The van der Waals surface area contributed by atoms with Gasteiger partial charge in [0, 0.05) is 19.3 Å². The van der Waals surface area contributed by atoms with Crippen LogP contribution < -0.4 is 9.47 Å². The first kappa shape index (κ1) is 25.0. The van der Waals surface area contributed by atoms with Crippen LogP contribution in [0.1, 0.15) is 21.5 Å². The molecule has 36 heavy (non-hydrogen) atoms. The second-order valence-corrected chi connectivity index (χ2v) is 9.58. The van der Waals surface area contributed by atoms with Crippen molar-refractivity contribution in [2.45, 2.75) is 18.1 Å². The Morgan fingerprint density at radius 2 is 1.50 bits per heavy atom. The molecule has 186 valence electrons. The highest BCUT2D eigenvalue weighted by Crippen LogP contribution is 2.25. The minimum absolute atomic E-state index is 0.0182. The van der Waals surface area contributed by atoms with Gasteiger partial charge in [0.25, 0.3) is 10.0 Å². The number of hydrogen-bond donors (Lipinski definition) is 0. The molecule has 0 bridgehead atoms. The molecule has 9 nitrogen and oxygen atoms in total. The van der Waals surface area contributed by atoms with Gasteiger partial charge < -0.3 is 9.47 Å². The number of benzene rings is 2. The zero-order chi connectivity index (χ0) is 25.7. The molecule has 4 rings (SSSR count). The third kappa shape index (κ3) is 5.26. The number of carbonyl (C=O) groups is 1. The zero-order valence-corrected chi connectivity index (χ0v) is 20.4. The molecule has 2 heterocycles. The van der Waals surface area contributed by atoms with Crippen LogP contribution >= 0.6 is 0 Å². The summed E-state index contributed by atoms with van der Waals surface area (Å²) in [5.41, 5.74) is 1.47. The molecule has 0 fully saturated rings. The Kier molecular flexibility index (Phi) is 7.41. The van der Waals surface area contributed by atoms with Crippen molar-refractivity contribution in [1.82, 2.24) is 19.1 Å². The van der Waals surface area contributed by atoms with Gasteiger partial charge in [-0.05, 0) is 47.5 Å². The summed E-state index contributed by atoms with van der Waals surface area (Å²) < 4.78 is 54.8. The normalized spacial score (nSPS) is 11.4. The van der Waals surface area contributed by atoms with Crippen molar-refractivity contribution in [3.8, 4) is 17.3 Å². The summed E-state index contributed by atoms with van der Waals surface area (Å²) >= 11 is 0. The molecule has 0 unspecified atom stereocenters. The number of hydrogen-bond acceptors (Lipinski definition) is 7. The van der Waals surface area contributed by atoms with Gasteiger partial charge in [-0.2, -0.15) is 4.31 Å². The lowest BCUT2D eigenvalue weighted by molar-refractivity contribution is 0.112. The first-order chi connectivity index (χ1) is 17.3. The molecule has 0 saturated carbocycles. The van der Waals surface area contributed by atoms with Crippen molar-refractivity contribution in [3.63, 3.8) is 0 Å². The average molecular weight is 511 g/mol. The van der Waals surface area contributed by atoms with E-state index in [4.69, 9.17) is 9.47 Å². The van der Waals surface area contributed by atoms with Crippen LogP contribution in [-0.2, 0) is 23.1 Å². The highest BCUT2D eigenvalue weighted by molar-refractivity contribution is 7.89. The lowest BCUT2D eigenvalue weighted by Crippen LogP contribution is -2.31. The fourth-order valence-corrected chi connectivity index (χ4v) is 4.90. The number of nitrogens with zero attached hydrogens (tertiary/aromatic N) is 4. The van der Waals surface area contributed by atoms with E-state index in [1.165, 1.54) is 32.5 Å². The van der Waals surface area contributed by atoms with Gasteiger partial charge >= 0.3 is 0 Å². The first-order valence-corrected chi connectivity index (χ1v) is 12.2. The van der Waals surface area contributed by atoms with E-state index in [0.717, 1.165) is 15.2 Å². The maximum Gasteiger partial charge on any atom is 0.266 e. The molecule has 0 saturated heterocycles. The van der Waals surface area contributed by atoms with Crippen LogP contribution in [0.25, 0.3) is 5.82 Å². The van der Waals surface area contributed by atoms with Crippen LogP contribution in [0.3, 0.4) is 0 Å². The predicted molar refractivity (Wildman–Crippen MR) is 129 cm³/mol. The summed E-state index contributed by atoms with van der Waals surface area (Å²) in [6, 6.07) is 16.8. The Labute approximate surface area is 207 Å². The monoisotopic (exact) mass is 510 g/mol. The molecule has 0 N–H and O–H groups in total. The van der Waals surface area contributed by atoms with Crippen molar-refractivity contribution in [2.75, 3.05) is 14.2 Å². The van der Waals surface area contributed by atoms with Crippen LogP contribution in [-0.4, -0.2) is 48.0 Å². The Morgan fingerprint density at radius 1 is 0.944 bits per heavy atom. The summed E-state index contributed by atoms with van der Waals surface area (Å²) in [5.74, 6) is 0.195. The van der Waals surface area contributed by atoms with E-state index in [9.17, 15) is 13.2 Å². The maximum absolute atomic E-state index is 15.0.